The fraction of sp³-hybridized carbons (Fsp3) is 0.130. The summed E-state index contributed by atoms with van der Waals surface area (Å²) in [6, 6.07) is 16.4. The number of carbonyl (C=O) groups is 1. The number of benzene rings is 2. The van der Waals surface area contributed by atoms with E-state index in [1.165, 1.54) is 23.5 Å². The molecule has 0 unspecified atom stereocenters. The van der Waals surface area contributed by atoms with Crippen LogP contribution in [0.2, 0.25) is 0 Å². The van der Waals surface area contributed by atoms with Crippen LogP contribution in [0.5, 0.6) is 17.2 Å². The summed E-state index contributed by atoms with van der Waals surface area (Å²) in [7, 11) is 1.57. The summed E-state index contributed by atoms with van der Waals surface area (Å²) >= 11 is 1.23. The minimum Gasteiger partial charge on any atom is -0.497 e. The molecular formula is C23H18F2N2O5S. The molecule has 1 N–H and O–H groups in total. The molecule has 4 aromatic rings. The van der Waals surface area contributed by atoms with Crippen molar-refractivity contribution in [2.24, 2.45) is 0 Å². The van der Waals surface area contributed by atoms with Crippen LogP contribution in [0.3, 0.4) is 0 Å². The molecule has 2 aromatic carbocycles. The van der Waals surface area contributed by atoms with Gasteiger partial charge in [0.2, 0.25) is 0 Å². The van der Waals surface area contributed by atoms with Crippen molar-refractivity contribution in [1.82, 2.24) is 4.98 Å². The van der Waals surface area contributed by atoms with E-state index in [1.54, 1.807) is 48.9 Å². The fourth-order valence-electron chi connectivity index (χ4n) is 2.85. The number of ether oxygens (including phenoxy) is 3. The van der Waals surface area contributed by atoms with Crippen LogP contribution >= 0.6 is 11.3 Å². The van der Waals surface area contributed by atoms with Crippen molar-refractivity contribution in [3.8, 4) is 28.5 Å². The van der Waals surface area contributed by atoms with E-state index >= 15 is 0 Å². The van der Waals surface area contributed by atoms with E-state index in [0.717, 1.165) is 0 Å². The van der Waals surface area contributed by atoms with Crippen molar-refractivity contribution in [2.45, 2.75) is 13.2 Å². The number of nitrogens with one attached hydrogen (secondary N) is 1. The maximum Gasteiger partial charge on any atom is 0.387 e. The number of carbonyl (C=O) groups excluding carboxylic acids is 1. The van der Waals surface area contributed by atoms with Crippen LogP contribution in [0.1, 0.15) is 16.3 Å². The summed E-state index contributed by atoms with van der Waals surface area (Å²) < 4.78 is 45.2. The molecule has 7 nitrogen and oxygen atoms in total. The molecule has 0 bridgehead atoms. The van der Waals surface area contributed by atoms with E-state index < -0.39 is 12.5 Å². The second-order valence-corrected chi connectivity index (χ2v) is 7.49. The number of amides is 1. The summed E-state index contributed by atoms with van der Waals surface area (Å²) in [5, 5.41) is 4.79. The van der Waals surface area contributed by atoms with Crippen molar-refractivity contribution >= 4 is 22.4 Å². The Balaban J connectivity index is 1.34. The quantitative estimate of drug-likeness (QED) is 0.329. The topological polar surface area (TPSA) is 82.8 Å². The number of hydrogen-bond donors (Lipinski definition) is 1. The monoisotopic (exact) mass is 472 g/mol. The summed E-state index contributed by atoms with van der Waals surface area (Å²) in [5.74, 6) is 1.48. The average Bonchev–Trinajstić information content (AvgIpc) is 3.48. The predicted molar refractivity (Wildman–Crippen MR) is 118 cm³/mol. The van der Waals surface area contributed by atoms with E-state index in [1.807, 2.05) is 12.1 Å². The third-order valence-corrected chi connectivity index (χ3v) is 5.17. The Bertz CT molecular complexity index is 1220. The van der Waals surface area contributed by atoms with Gasteiger partial charge in [0.25, 0.3) is 5.91 Å². The van der Waals surface area contributed by atoms with E-state index in [4.69, 9.17) is 13.9 Å². The smallest absolute Gasteiger partial charge is 0.387 e. The molecule has 10 heteroatoms. The van der Waals surface area contributed by atoms with Crippen molar-refractivity contribution in [3.05, 3.63) is 77.6 Å². The highest BCUT2D eigenvalue weighted by molar-refractivity contribution is 7.14. The number of furan rings is 1. The number of methoxy groups -OCH3 is 1. The Morgan fingerprint density at radius 1 is 1.09 bits per heavy atom. The third kappa shape index (κ3) is 5.86. The van der Waals surface area contributed by atoms with Gasteiger partial charge in [-0.15, -0.1) is 11.3 Å². The second-order valence-electron chi connectivity index (χ2n) is 6.63. The molecule has 0 aliphatic carbocycles. The van der Waals surface area contributed by atoms with Gasteiger partial charge in [-0.25, -0.2) is 4.98 Å². The van der Waals surface area contributed by atoms with Crippen LogP contribution < -0.4 is 19.5 Å². The number of rotatable bonds is 9. The molecule has 0 spiro atoms. The molecule has 0 aliphatic rings. The molecule has 0 saturated heterocycles. The standard InChI is InChI=1S/C23H18F2N2O5S/c1-29-16-3-2-4-17(11-16)30-12-18-9-10-20(31-18)21(28)27-23-26-19(13-33-23)14-5-7-15(8-6-14)32-22(24)25/h2-11,13,22H,12H2,1H3,(H,26,27,28). The van der Waals surface area contributed by atoms with Gasteiger partial charge >= 0.3 is 6.61 Å². The number of anilines is 1. The molecule has 2 heterocycles. The van der Waals surface area contributed by atoms with Crippen LogP contribution in [0.25, 0.3) is 11.3 Å². The minimum atomic E-state index is -2.88. The Hall–Kier alpha value is -3.92. The Kier molecular flexibility index (Phi) is 6.84. The zero-order chi connectivity index (χ0) is 23.2. The van der Waals surface area contributed by atoms with Gasteiger partial charge in [-0.1, -0.05) is 6.07 Å². The first kappa shape index (κ1) is 22.3. The van der Waals surface area contributed by atoms with E-state index in [2.05, 4.69) is 15.0 Å². The summed E-state index contributed by atoms with van der Waals surface area (Å²) in [5.41, 5.74) is 1.29. The molecule has 0 saturated carbocycles. The maximum atomic E-state index is 12.5. The van der Waals surface area contributed by atoms with Gasteiger partial charge in [-0.05, 0) is 48.5 Å². The molecule has 4 rings (SSSR count). The molecule has 2 aromatic heterocycles. The zero-order valence-electron chi connectivity index (χ0n) is 17.3. The summed E-state index contributed by atoms with van der Waals surface area (Å²) in [6.45, 7) is -2.74. The Morgan fingerprint density at radius 2 is 1.88 bits per heavy atom. The van der Waals surface area contributed by atoms with Crippen LogP contribution in [0.4, 0.5) is 13.9 Å². The van der Waals surface area contributed by atoms with E-state index in [9.17, 15) is 13.6 Å². The van der Waals surface area contributed by atoms with E-state index in [-0.39, 0.29) is 18.1 Å². The Labute approximate surface area is 191 Å². The number of hydrogen-bond acceptors (Lipinski definition) is 7. The maximum absolute atomic E-state index is 12.5. The highest BCUT2D eigenvalue weighted by atomic mass is 32.1. The van der Waals surface area contributed by atoms with Crippen molar-refractivity contribution < 1.29 is 32.2 Å². The minimum absolute atomic E-state index is 0.0570. The van der Waals surface area contributed by atoms with Crippen LogP contribution in [-0.2, 0) is 6.61 Å². The number of aromatic nitrogens is 1. The van der Waals surface area contributed by atoms with Crippen LogP contribution in [0.15, 0.2) is 70.5 Å². The van der Waals surface area contributed by atoms with Gasteiger partial charge in [0.1, 0.15) is 29.6 Å². The summed E-state index contributed by atoms with van der Waals surface area (Å²) in [4.78, 5) is 16.9. The predicted octanol–water partition coefficient (Wildman–Crippen LogP) is 5.84. The lowest BCUT2D eigenvalue weighted by Gasteiger charge is -2.06. The largest absolute Gasteiger partial charge is 0.497 e. The first-order valence-electron chi connectivity index (χ1n) is 9.68. The van der Waals surface area contributed by atoms with Gasteiger partial charge in [-0.3, -0.25) is 10.1 Å². The van der Waals surface area contributed by atoms with Gasteiger partial charge in [-0.2, -0.15) is 8.78 Å². The molecule has 0 atom stereocenters. The van der Waals surface area contributed by atoms with Crippen molar-refractivity contribution in [1.29, 1.82) is 0 Å². The molecule has 33 heavy (non-hydrogen) atoms. The van der Waals surface area contributed by atoms with Gasteiger partial charge < -0.3 is 18.6 Å². The lowest BCUT2D eigenvalue weighted by Crippen LogP contribution is -2.10. The lowest BCUT2D eigenvalue weighted by atomic mass is 10.2. The van der Waals surface area contributed by atoms with Crippen LogP contribution in [0, 0.1) is 0 Å². The lowest BCUT2D eigenvalue weighted by molar-refractivity contribution is -0.0498. The summed E-state index contributed by atoms with van der Waals surface area (Å²) in [6.07, 6.45) is 0. The van der Waals surface area contributed by atoms with Crippen LogP contribution in [-0.4, -0.2) is 24.6 Å². The number of thiazole rings is 1. The molecule has 0 radical (unpaired) electrons. The highest BCUT2D eigenvalue weighted by Gasteiger charge is 2.15. The SMILES string of the molecule is COc1cccc(OCc2ccc(C(=O)Nc3nc(-c4ccc(OC(F)F)cc4)cs3)o2)c1. The Morgan fingerprint density at radius 3 is 2.64 bits per heavy atom. The number of halogens is 2. The number of alkyl halides is 2. The molecule has 170 valence electrons. The van der Waals surface area contributed by atoms with Gasteiger partial charge in [0.15, 0.2) is 10.9 Å². The molecular weight excluding hydrogens is 454 g/mol. The molecule has 0 aliphatic heterocycles. The normalized spacial score (nSPS) is 10.8. The molecule has 1 amide bonds. The second kappa shape index (κ2) is 10.1. The first-order valence-corrected chi connectivity index (χ1v) is 10.6. The first-order chi connectivity index (χ1) is 16.0. The van der Waals surface area contributed by atoms with Gasteiger partial charge in [0.05, 0.1) is 12.8 Å². The van der Waals surface area contributed by atoms with Crippen molar-refractivity contribution in [2.75, 3.05) is 12.4 Å². The number of nitrogens with zero attached hydrogens (tertiary/aromatic N) is 1. The van der Waals surface area contributed by atoms with Crippen molar-refractivity contribution in [3.63, 3.8) is 0 Å². The highest BCUT2D eigenvalue weighted by Crippen LogP contribution is 2.27. The molecule has 0 fully saturated rings. The average molecular weight is 472 g/mol. The zero-order valence-corrected chi connectivity index (χ0v) is 18.1. The third-order valence-electron chi connectivity index (χ3n) is 4.41. The van der Waals surface area contributed by atoms with Gasteiger partial charge in [0, 0.05) is 17.0 Å². The van der Waals surface area contributed by atoms with E-state index in [0.29, 0.717) is 33.6 Å². The fourth-order valence-corrected chi connectivity index (χ4v) is 3.57.